The summed E-state index contributed by atoms with van der Waals surface area (Å²) >= 11 is 0. The van der Waals surface area contributed by atoms with Gasteiger partial charge in [0, 0.05) is 25.6 Å². The smallest absolute Gasteiger partial charge is 0.269 e. The molecule has 0 unspecified atom stereocenters. The third-order valence-electron chi connectivity index (χ3n) is 4.46. The van der Waals surface area contributed by atoms with Gasteiger partial charge in [-0.25, -0.2) is 4.98 Å². The van der Waals surface area contributed by atoms with Gasteiger partial charge in [-0.3, -0.25) is 4.79 Å². The number of benzene rings is 2. The SMILES string of the molecule is Cn1c(C(=O)NCc2ccc3c(c2)CCO3)cnc1-c1ccccc1. The van der Waals surface area contributed by atoms with Gasteiger partial charge < -0.3 is 14.6 Å². The lowest BCUT2D eigenvalue weighted by atomic mass is 10.1. The van der Waals surface area contributed by atoms with E-state index in [0.717, 1.165) is 35.7 Å². The maximum Gasteiger partial charge on any atom is 0.269 e. The first kappa shape index (κ1) is 15.4. The molecule has 1 aromatic heterocycles. The first-order valence-corrected chi connectivity index (χ1v) is 8.32. The predicted octanol–water partition coefficient (Wildman–Crippen LogP) is 2.95. The lowest BCUT2D eigenvalue weighted by Gasteiger charge is -2.08. The molecule has 5 heteroatoms. The van der Waals surface area contributed by atoms with Gasteiger partial charge in [0.2, 0.25) is 0 Å². The van der Waals surface area contributed by atoms with E-state index in [0.29, 0.717) is 12.2 Å². The first-order valence-electron chi connectivity index (χ1n) is 8.32. The van der Waals surface area contributed by atoms with Crippen LogP contribution in [0.25, 0.3) is 11.4 Å². The number of nitrogens with zero attached hydrogens (tertiary/aromatic N) is 2. The third kappa shape index (κ3) is 3.01. The Balaban J connectivity index is 1.48. The van der Waals surface area contributed by atoms with E-state index in [9.17, 15) is 4.79 Å². The normalized spacial score (nSPS) is 12.5. The number of carbonyl (C=O) groups is 1. The van der Waals surface area contributed by atoms with Crippen molar-refractivity contribution in [3.8, 4) is 17.1 Å². The zero-order chi connectivity index (χ0) is 17.2. The number of rotatable bonds is 4. The van der Waals surface area contributed by atoms with E-state index in [4.69, 9.17) is 4.74 Å². The number of amides is 1. The van der Waals surface area contributed by atoms with Crippen LogP contribution in [0.4, 0.5) is 0 Å². The standard InChI is InChI=1S/C20H19N3O2/c1-23-17(13-21-19(23)15-5-3-2-4-6-15)20(24)22-12-14-7-8-18-16(11-14)9-10-25-18/h2-8,11,13H,9-10,12H2,1H3,(H,22,24). The average Bonchev–Trinajstić information content (AvgIpc) is 3.26. The summed E-state index contributed by atoms with van der Waals surface area (Å²) < 4.78 is 7.33. The largest absolute Gasteiger partial charge is 0.493 e. The van der Waals surface area contributed by atoms with Gasteiger partial charge in [-0.05, 0) is 17.2 Å². The molecule has 0 aliphatic carbocycles. The second-order valence-corrected chi connectivity index (χ2v) is 6.12. The molecule has 0 fully saturated rings. The van der Waals surface area contributed by atoms with Crippen molar-refractivity contribution in [2.24, 2.45) is 7.05 Å². The highest BCUT2D eigenvalue weighted by molar-refractivity contribution is 5.93. The number of nitrogens with one attached hydrogen (secondary N) is 1. The fourth-order valence-electron chi connectivity index (χ4n) is 3.10. The molecule has 1 N–H and O–H groups in total. The molecule has 5 nitrogen and oxygen atoms in total. The zero-order valence-electron chi connectivity index (χ0n) is 14.0. The van der Waals surface area contributed by atoms with Gasteiger partial charge in [-0.1, -0.05) is 42.5 Å². The van der Waals surface area contributed by atoms with Crippen LogP contribution in [-0.4, -0.2) is 22.1 Å². The van der Waals surface area contributed by atoms with Crippen molar-refractivity contribution in [3.05, 3.63) is 71.5 Å². The van der Waals surface area contributed by atoms with Crippen LogP contribution >= 0.6 is 0 Å². The van der Waals surface area contributed by atoms with Crippen LogP contribution in [-0.2, 0) is 20.0 Å². The van der Waals surface area contributed by atoms with Gasteiger partial charge in [0.15, 0.2) is 0 Å². The van der Waals surface area contributed by atoms with Crippen molar-refractivity contribution in [3.63, 3.8) is 0 Å². The number of fused-ring (bicyclic) bond motifs is 1. The number of ether oxygens (including phenoxy) is 1. The van der Waals surface area contributed by atoms with E-state index in [1.807, 2.05) is 54.1 Å². The molecule has 0 saturated heterocycles. The Labute approximate surface area is 146 Å². The van der Waals surface area contributed by atoms with Gasteiger partial charge in [-0.2, -0.15) is 0 Å². The first-order chi connectivity index (χ1) is 12.2. The minimum absolute atomic E-state index is 0.131. The molecule has 126 valence electrons. The Kier molecular flexibility index (Phi) is 3.98. The molecular formula is C20H19N3O2. The highest BCUT2D eigenvalue weighted by atomic mass is 16.5. The third-order valence-corrected chi connectivity index (χ3v) is 4.46. The van der Waals surface area contributed by atoms with Crippen LogP contribution in [0.3, 0.4) is 0 Å². The molecule has 1 aliphatic heterocycles. The van der Waals surface area contributed by atoms with Crippen LogP contribution in [0.2, 0.25) is 0 Å². The summed E-state index contributed by atoms with van der Waals surface area (Å²) in [5.41, 5.74) is 3.81. The molecular weight excluding hydrogens is 314 g/mol. The summed E-state index contributed by atoms with van der Waals surface area (Å²) in [5.74, 6) is 1.60. The molecule has 0 radical (unpaired) electrons. The number of imidazole rings is 1. The molecule has 1 aliphatic rings. The minimum Gasteiger partial charge on any atom is -0.493 e. The van der Waals surface area contributed by atoms with Gasteiger partial charge in [-0.15, -0.1) is 0 Å². The summed E-state index contributed by atoms with van der Waals surface area (Å²) in [6.07, 6.45) is 2.55. The summed E-state index contributed by atoms with van der Waals surface area (Å²) in [5, 5.41) is 2.97. The molecule has 1 amide bonds. The second kappa shape index (κ2) is 6.43. The fraction of sp³-hybridized carbons (Fsp3) is 0.200. The molecule has 2 heterocycles. The number of carbonyl (C=O) groups excluding carboxylic acids is 1. The van der Waals surface area contributed by atoms with Crippen LogP contribution in [0.1, 0.15) is 21.6 Å². The Morgan fingerprint density at radius 1 is 1.24 bits per heavy atom. The van der Waals surface area contributed by atoms with Crippen LogP contribution in [0.15, 0.2) is 54.7 Å². The van der Waals surface area contributed by atoms with E-state index in [-0.39, 0.29) is 5.91 Å². The highest BCUT2D eigenvalue weighted by Gasteiger charge is 2.16. The highest BCUT2D eigenvalue weighted by Crippen LogP contribution is 2.25. The quantitative estimate of drug-likeness (QED) is 0.799. The fourth-order valence-corrected chi connectivity index (χ4v) is 3.10. The molecule has 0 saturated carbocycles. The van der Waals surface area contributed by atoms with Crippen molar-refractivity contribution in [1.29, 1.82) is 0 Å². The van der Waals surface area contributed by atoms with Crippen LogP contribution < -0.4 is 10.1 Å². The molecule has 25 heavy (non-hydrogen) atoms. The minimum atomic E-state index is -0.131. The Morgan fingerprint density at radius 3 is 2.92 bits per heavy atom. The van der Waals surface area contributed by atoms with Crippen molar-refractivity contribution in [2.75, 3.05) is 6.61 Å². The van der Waals surface area contributed by atoms with Crippen LogP contribution in [0, 0.1) is 0 Å². The lowest BCUT2D eigenvalue weighted by Crippen LogP contribution is -2.25. The molecule has 3 aromatic rings. The van der Waals surface area contributed by atoms with E-state index in [1.54, 1.807) is 6.20 Å². The number of aromatic nitrogens is 2. The predicted molar refractivity (Wildman–Crippen MR) is 95.5 cm³/mol. The van der Waals surface area contributed by atoms with Gasteiger partial charge >= 0.3 is 0 Å². The van der Waals surface area contributed by atoms with E-state index in [2.05, 4.69) is 16.4 Å². The summed E-state index contributed by atoms with van der Waals surface area (Å²) in [7, 11) is 1.86. The maximum atomic E-state index is 12.5. The Bertz CT molecular complexity index is 916. The van der Waals surface area contributed by atoms with Crippen LogP contribution in [0.5, 0.6) is 5.75 Å². The van der Waals surface area contributed by atoms with Gasteiger partial charge in [0.1, 0.15) is 17.3 Å². The topological polar surface area (TPSA) is 56.2 Å². The summed E-state index contributed by atoms with van der Waals surface area (Å²) in [6.45, 7) is 1.22. The van der Waals surface area contributed by atoms with Gasteiger partial charge in [0.25, 0.3) is 5.91 Å². The average molecular weight is 333 g/mol. The molecule has 0 spiro atoms. The lowest BCUT2D eigenvalue weighted by molar-refractivity contribution is 0.0943. The molecule has 0 bridgehead atoms. The van der Waals surface area contributed by atoms with E-state index in [1.165, 1.54) is 5.56 Å². The Morgan fingerprint density at radius 2 is 2.08 bits per heavy atom. The number of hydrogen-bond acceptors (Lipinski definition) is 3. The van der Waals surface area contributed by atoms with Crippen molar-refractivity contribution < 1.29 is 9.53 Å². The molecule has 4 rings (SSSR count). The van der Waals surface area contributed by atoms with Gasteiger partial charge in [0.05, 0.1) is 12.8 Å². The second-order valence-electron chi connectivity index (χ2n) is 6.12. The zero-order valence-corrected chi connectivity index (χ0v) is 14.0. The maximum absolute atomic E-state index is 12.5. The molecule has 2 aromatic carbocycles. The van der Waals surface area contributed by atoms with Crippen molar-refractivity contribution >= 4 is 5.91 Å². The van der Waals surface area contributed by atoms with E-state index >= 15 is 0 Å². The van der Waals surface area contributed by atoms with E-state index < -0.39 is 0 Å². The van der Waals surface area contributed by atoms with Crippen molar-refractivity contribution in [2.45, 2.75) is 13.0 Å². The molecule has 0 atom stereocenters. The summed E-state index contributed by atoms with van der Waals surface area (Å²) in [4.78, 5) is 16.9. The summed E-state index contributed by atoms with van der Waals surface area (Å²) in [6, 6.07) is 15.9. The Hall–Kier alpha value is -3.08. The number of hydrogen-bond donors (Lipinski definition) is 1. The van der Waals surface area contributed by atoms with Crippen molar-refractivity contribution in [1.82, 2.24) is 14.9 Å². The monoisotopic (exact) mass is 333 g/mol.